The number of benzene rings is 1. The predicted octanol–water partition coefficient (Wildman–Crippen LogP) is 2.23. The summed E-state index contributed by atoms with van der Waals surface area (Å²) < 4.78 is 0. The lowest BCUT2D eigenvalue weighted by Gasteiger charge is -2.07. The Kier molecular flexibility index (Phi) is 7.13. The molecule has 0 aliphatic rings. The maximum atomic E-state index is 11.5. The molecule has 0 radical (unpaired) electrons. The molecule has 16 heavy (non-hydrogen) atoms. The highest BCUT2D eigenvalue weighted by molar-refractivity contribution is 6.30. The smallest absolute Gasteiger partial charge is 0.251 e. The summed E-state index contributed by atoms with van der Waals surface area (Å²) in [6.07, 6.45) is 0.777. The summed E-state index contributed by atoms with van der Waals surface area (Å²) in [6, 6.07) is 6.90. The van der Waals surface area contributed by atoms with Crippen LogP contribution in [0.1, 0.15) is 23.7 Å². The maximum Gasteiger partial charge on any atom is 0.251 e. The molecule has 0 bridgehead atoms. The summed E-state index contributed by atoms with van der Waals surface area (Å²) in [6.45, 7) is 2.51. The van der Waals surface area contributed by atoms with E-state index in [0.717, 1.165) is 6.42 Å². The van der Waals surface area contributed by atoms with E-state index in [1.54, 1.807) is 24.3 Å². The first-order valence-corrected chi connectivity index (χ1v) is 5.26. The van der Waals surface area contributed by atoms with Crippen molar-refractivity contribution in [2.24, 2.45) is 5.73 Å². The summed E-state index contributed by atoms with van der Waals surface area (Å²) in [5.74, 6) is -0.0904. The fourth-order valence-corrected chi connectivity index (χ4v) is 1.24. The summed E-state index contributed by atoms with van der Waals surface area (Å²) in [4.78, 5) is 11.5. The van der Waals surface area contributed by atoms with Crippen molar-refractivity contribution < 1.29 is 4.79 Å². The number of nitrogens with one attached hydrogen (secondary N) is 1. The minimum absolute atomic E-state index is 0. The van der Waals surface area contributed by atoms with Crippen molar-refractivity contribution >= 4 is 29.9 Å². The third-order valence-electron chi connectivity index (χ3n) is 1.99. The van der Waals surface area contributed by atoms with E-state index in [9.17, 15) is 4.79 Å². The van der Waals surface area contributed by atoms with Gasteiger partial charge >= 0.3 is 0 Å². The van der Waals surface area contributed by atoms with Crippen molar-refractivity contribution in [1.29, 1.82) is 0 Å². The Labute approximate surface area is 107 Å². The molecule has 5 heteroatoms. The van der Waals surface area contributed by atoms with Gasteiger partial charge in [-0.3, -0.25) is 4.79 Å². The van der Waals surface area contributed by atoms with Crippen molar-refractivity contribution in [3.05, 3.63) is 34.9 Å². The van der Waals surface area contributed by atoms with Crippen LogP contribution in [0.15, 0.2) is 24.3 Å². The second kappa shape index (κ2) is 7.49. The minimum Gasteiger partial charge on any atom is -0.352 e. The number of hydrogen-bond acceptors (Lipinski definition) is 2. The van der Waals surface area contributed by atoms with Crippen LogP contribution in [0.5, 0.6) is 0 Å². The molecule has 1 atom stereocenters. The van der Waals surface area contributed by atoms with E-state index in [-0.39, 0.29) is 24.4 Å². The van der Waals surface area contributed by atoms with Crippen LogP contribution in [0.25, 0.3) is 0 Å². The number of carbonyl (C=O) groups excluding carboxylic acids is 1. The molecule has 3 N–H and O–H groups in total. The van der Waals surface area contributed by atoms with Crippen LogP contribution in [-0.4, -0.2) is 18.5 Å². The maximum absolute atomic E-state index is 11.5. The molecule has 1 rings (SSSR count). The molecular weight excluding hydrogens is 247 g/mol. The molecule has 0 saturated carbocycles. The molecule has 1 unspecified atom stereocenters. The molecule has 0 aliphatic carbocycles. The lowest BCUT2D eigenvalue weighted by molar-refractivity contribution is 0.0953. The van der Waals surface area contributed by atoms with E-state index in [1.807, 2.05) is 6.92 Å². The molecular formula is C11H16Cl2N2O. The highest BCUT2D eigenvalue weighted by Crippen LogP contribution is 2.09. The Bertz CT molecular complexity index is 325. The SMILES string of the molecule is CC(N)CCNC(=O)c1ccc(Cl)cc1.Cl. The van der Waals surface area contributed by atoms with Gasteiger partial charge in [0.2, 0.25) is 0 Å². The van der Waals surface area contributed by atoms with Gasteiger partial charge in [-0.2, -0.15) is 0 Å². The Morgan fingerprint density at radius 3 is 2.50 bits per heavy atom. The van der Waals surface area contributed by atoms with Gasteiger partial charge in [-0.25, -0.2) is 0 Å². The minimum atomic E-state index is -0.0904. The van der Waals surface area contributed by atoms with Gasteiger partial charge in [0.15, 0.2) is 0 Å². The quantitative estimate of drug-likeness (QED) is 0.875. The molecule has 90 valence electrons. The first kappa shape index (κ1) is 15.2. The summed E-state index contributed by atoms with van der Waals surface area (Å²) >= 11 is 5.71. The fraction of sp³-hybridized carbons (Fsp3) is 0.364. The fourth-order valence-electron chi connectivity index (χ4n) is 1.12. The van der Waals surface area contributed by atoms with Gasteiger partial charge in [-0.15, -0.1) is 12.4 Å². The van der Waals surface area contributed by atoms with Gasteiger partial charge in [0.05, 0.1) is 0 Å². The van der Waals surface area contributed by atoms with Crippen LogP contribution in [0.4, 0.5) is 0 Å². The predicted molar refractivity (Wildman–Crippen MR) is 69.3 cm³/mol. The summed E-state index contributed by atoms with van der Waals surface area (Å²) in [5.41, 5.74) is 6.18. The third kappa shape index (κ3) is 5.35. The third-order valence-corrected chi connectivity index (χ3v) is 2.24. The van der Waals surface area contributed by atoms with E-state index < -0.39 is 0 Å². The van der Waals surface area contributed by atoms with Crippen LogP contribution in [-0.2, 0) is 0 Å². The van der Waals surface area contributed by atoms with Gasteiger partial charge in [0.25, 0.3) is 5.91 Å². The zero-order valence-electron chi connectivity index (χ0n) is 9.07. The normalized spacial score (nSPS) is 11.4. The Morgan fingerprint density at radius 1 is 1.44 bits per heavy atom. The second-order valence-corrected chi connectivity index (χ2v) is 3.97. The molecule has 0 aromatic heterocycles. The molecule has 1 aromatic rings. The van der Waals surface area contributed by atoms with Crippen LogP contribution >= 0.6 is 24.0 Å². The molecule has 0 saturated heterocycles. The zero-order valence-corrected chi connectivity index (χ0v) is 10.6. The number of hydrogen-bond donors (Lipinski definition) is 2. The van der Waals surface area contributed by atoms with Crippen molar-refractivity contribution in [3.63, 3.8) is 0 Å². The lowest BCUT2D eigenvalue weighted by Crippen LogP contribution is -2.28. The number of carbonyl (C=O) groups is 1. The van der Waals surface area contributed by atoms with Crippen molar-refractivity contribution in [2.45, 2.75) is 19.4 Å². The topological polar surface area (TPSA) is 55.1 Å². The van der Waals surface area contributed by atoms with Crippen molar-refractivity contribution in [2.75, 3.05) is 6.54 Å². The summed E-state index contributed by atoms with van der Waals surface area (Å²) in [5, 5.41) is 3.41. The van der Waals surface area contributed by atoms with Crippen molar-refractivity contribution in [3.8, 4) is 0 Å². The molecule has 0 aliphatic heterocycles. The Hall–Kier alpha value is -0.770. The van der Waals surface area contributed by atoms with E-state index in [4.69, 9.17) is 17.3 Å². The molecule has 0 heterocycles. The highest BCUT2D eigenvalue weighted by atomic mass is 35.5. The van der Waals surface area contributed by atoms with Crippen molar-refractivity contribution in [1.82, 2.24) is 5.32 Å². The van der Waals surface area contributed by atoms with E-state index in [0.29, 0.717) is 17.1 Å². The average molecular weight is 263 g/mol. The van der Waals surface area contributed by atoms with Crippen LogP contribution in [0.2, 0.25) is 5.02 Å². The molecule has 1 aromatic carbocycles. The van der Waals surface area contributed by atoms with Gasteiger partial charge in [-0.05, 0) is 37.6 Å². The van der Waals surface area contributed by atoms with Gasteiger partial charge < -0.3 is 11.1 Å². The summed E-state index contributed by atoms with van der Waals surface area (Å²) in [7, 11) is 0. The first-order chi connectivity index (χ1) is 7.09. The largest absolute Gasteiger partial charge is 0.352 e. The Balaban J connectivity index is 0.00000225. The van der Waals surface area contributed by atoms with Gasteiger partial charge in [0, 0.05) is 23.2 Å². The lowest BCUT2D eigenvalue weighted by atomic mass is 10.2. The first-order valence-electron chi connectivity index (χ1n) is 4.89. The number of halogens is 2. The molecule has 0 fully saturated rings. The molecule has 1 amide bonds. The number of nitrogens with two attached hydrogens (primary N) is 1. The molecule has 3 nitrogen and oxygen atoms in total. The van der Waals surface area contributed by atoms with Gasteiger partial charge in [-0.1, -0.05) is 11.6 Å². The van der Waals surface area contributed by atoms with E-state index in [1.165, 1.54) is 0 Å². The Morgan fingerprint density at radius 2 is 2.00 bits per heavy atom. The molecule has 0 spiro atoms. The van der Waals surface area contributed by atoms with Crippen LogP contribution in [0, 0.1) is 0 Å². The van der Waals surface area contributed by atoms with E-state index in [2.05, 4.69) is 5.32 Å². The van der Waals surface area contributed by atoms with Crippen LogP contribution < -0.4 is 11.1 Å². The average Bonchev–Trinajstić information content (AvgIpc) is 2.18. The standard InChI is InChI=1S/C11H15ClN2O.ClH/c1-8(13)6-7-14-11(15)9-2-4-10(12)5-3-9;/h2-5,8H,6-7,13H2,1H3,(H,14,15);1H. The van der Waals surface area contributed by atoms with E-state index >= 15 is 0 Å². The number of rotatable bonds is 4. The monoisotopic (exact) mass is 262 g/mol. The highest BCUT2D eigenvalue weighted by Gasteiger charge is 2.04. The van der Waals surface area contributed by atoms with Gasteiger partial charge in [0.1, 0.15) is 0 Å². The second-order valence-electron chi connectivity index (χ2n) is 3.53. The number of amides is 1. The zero-order chi connectivity index (χ0) is 11.3. The van der Waals surface area contributed by atoms with Crippen LogP contribution in [0.3, 0.4) is 0 Å².